The normalized spacial score (nSPS) is 21.6. The second kappa shape index (κ2) is 11.4. The molecule has 0 aliphatic heterocycles. The first kappa shape index (κ1) is 27.2. The molecule has 0 spiro atoms. The molecule has 1 aromatic carbocycles. The summed E-state index contributed by atoms with van der Waals surface area (Å²) in [6.45, 7) is 2.11. The van der Waals surface area contributed by atoms with Crippen LogP contribution in [0, 0.1) is 12.8 Å². The molecule has 202 valence electrons. The van der Waals surface area contributed by atoms with Crippen LogP contribution in [0.3, 0.4) is 0 Å². The van der Waals surface area contributed by atoms with Gasteiger partial charge in [-0.15, -0.1) is 0 Å². The zero-order chi connectivity index (χ0) is 26.9. The van der Waals surface area contributed by atoms with Crippen LogP contribution in [0.15, 0.2) is 47.3 Å². The number of hydrogen-bond acceptors (Lipinski definition) is 5. The number of nitrogens with two attached hydrogens (primary N) is 1. The molecular formula is C30H38N4O2S2. The predicted octanol–water partition coefficient (Wildman–Crippen LogP) is 6.24. The van der Waals surface area contributed by atoms with Gasteiger partial charge in [-0.25, -0.2) is 8.51 Å². The highest BCUT2D eigenvalue weighted by molar-refractivity contribution is 7.81. The van der Waals surface area contributed by atoms with Crippen LogP contribution in [0.2, 0.25) is 0 Å². The van der Waals surface area contributed by atoms with Crippen molar-refractivity contribution in [3.63, 3.8) is 0 Å². The van der Waals surface area contributed by atoms with Gasteiger partial charge in [-0.1, -0.05) is 24.3 Å². The number of carbonyl (C=O) groups excluding carboxylic acids is 1. The summed E-state index contributed by atoms with van der Waals surface area (Å²) in [5.41, 5.74) is 13.6. The van der Waals surface area contributed by atoms with E-state index in [0.29, 0.717) is 18.4 Å². The van der Waals surface area contributed by atoms with Crippen LogP contribution in [0.5, 0.6) is 0 Å². The Labute approximate surface area is 232 Å². The van der Waals surface area contributed by atoms with E-state index in [4.69, 9.17) is 10.7 Å². The Bertz CT molecular complexity index is 1310. The van der Waals surface area contributed by atoms with Gasteiger partial charge in [-0.05, 0) is 91.3 Å². The molecule has 0 radical (unpaired) electrons. The Kier molecular flexibility index (Phi) is 8.14. The third-order valence-electron chi connectivity index (χ3n) is 8.51. The second-order valence-electron chi connectivity index (χ2n) is 11.1. The highest BCUT2D eigenvalue weighted by Gasteiger charge is 2.34. The molecule has 0 saturated heterocycles. The summed E-state index contributed by atoms with van der Waals surface area (Å²) in [4.78, 5) is 17.8. The number of aromatic nitrogens is 1. The first-order valence-corrected chi connectivity index (χ1v) is 16.0. The molecule has 1 unspecified atom stereocenters. The Morgan fingerprint density at radius 3 is 2.45 bits per heavy atom. The lowest BCUT2D eigenvalue weighted by Gasteiger charge is -2.38. The number of rotatable bonds is 8. The van der Waals surface area contributed by atoms with Crippen LogP contribution in [0.1, 0.15) is 62.5 Å². The van der Waals surface area contributed by atoms with Crippen molar-refractivity contribution in [2.24, 2.45) is 11.7 Å². The summed E-state index contributed by atoms with van der Waals surface area (Å²) in [7, 11) is 0.975. The van der Waals surface area contributed by atoms with Crippen molar-refractivity contribution in [1.29, 1.82) is 0 Å². The number of hydrogen-bond donors (Lipinski definition) is 2. The van der Waals surface area contributed by atoms with Crippen molar-refractivity contribution >= 4 is 33.9 Å². The molecule has 6 nitrogen and oxygen atoms in total. The smallest absolute Gasteiger partial charge is 0.224 e. The topological polar surface area (TPSA) is 88.3 Å². The van der Waals surface area contributed by atoms with Gasteiger partial charge in [0.25, 0.3) is 0 Å². The fraction of sp³-hybridized carbons (Fsp3) is 0.467. The maximum absolute atomic E-state index is 13.0. The average Bonchev–Trinajstić information content (AvgIpc) is 3.33. The van der Waals surface area contributed by atoms with Crippen molar-refractivity contribution in [2.75, 3.05) is 18.6 Å². The Morgan fingerprint density at radius 2 is 1.87 bits per heavy atom. The molecule has 2 aliphatic carbocycles. The van der Waals surface area contributed by atoms with Crippen molar-refractivity contribution in [2.45, 2.75) is 69.9 Å². The molecule has 5 rings (SSSR count). The summed E-state index contributed by atoms with van der Waals surface area (Å²) in [6.07, 6.45) is 11.2. The minimum absolute atomic E-state index is 0.0292. The zero-order valence-corrected chi connectivity index (χ0v) is 24.2. The average molecular weight is 551 g/mol. The van der Waals surface area contributed by atoms with E-state index in [1.807, 2.05) is 11.4 Å². The van der Waals surface area contributed by atoms with E-state index in [2.05, 4.69) is 53.3 Å². The van der Waals surface area contributed by atoms with Crippen LogP contribution in [0.25, 0.3) is 22.4 Å². The molecule has 1 amide bonds. The number of anilines is 1. The maximum Gasteiger partial charge on any atom is 0.224 e. The lowest BCUT2D eigenvalue weighted by molar-refractivity contribution is -0.117. The van der Waals surface area contributed by atoms with Gasteiger partial charge in [0.05, 0.1) is 28.6 Å². The van der Waals surface area contributed by atoms with Crippen LogP contribution < -0.4 is 11.1 Å². The molecule has 3 aromatic rings. The third-order valence-corrected chi connectivity index (χ3v) is 10.5. The summed E-state index contributed by atoms with van der Waals surface area (Å²) >= 11 is 1.67. The molecule has 2 heterocycles. The van der Waals surface area contributed by atoms with Crippen LogP contribution in [-0.2, 0) is 21.3 Å². The zero-order valence-electron chi connectivity index (χ0n) is 22.5. The van der Waals surface area contributed by atoms with Crippen molar-refractivity contribution in [3.8, 4) is 22.4 Å². The molecular weight excluding hydrogens is 512 g/mol. The molecule has 2 aromatic heterocycles. The first-order chi connectivity index (χ1) is 18.2. The number of carbonyl (C=O) groups is 1. The monoisotopic (exact) mass is 550 g/mol. The van der Waals surface area contributed by atoms with E-state index in [-0.39, 0.29) is 11.4 Å². The van der Waals surface area contributed by atoms with E-state index < -0.39 is 11.0 Å². The van der Waals surface area contributed by atoms with E-state index in [1.54, 1.807) is 23.8 Å². The van der Waals surface area contributed by atoms with Gasteiger partial charge in [0.15, 0.2) is 0 Å². The van der Waals surface area contributed by atoms with Gasteiger partial charge in [0.1, 0.15) is 0 Å². The largest absolute Gasteiger partial charge is 0.325 e. The molecule has 2 fully saturated rings. The lowest BCUT2D eigenvalue weighted by atomic mass is 9.72. The van der Waals surface area contributed by atoms with Crippen molar-refractivity contribution < 1.29 is 9.00 Å². The van der Waals surface area contributed by atoms with E-state index >= 15 is 0 Å². The number of nitrogens with one attached hydrogen (secondary N) is 1. The lowest BCUT2D eigenvalue weighted by Crippen LogP contribution is -2.43. The Balaban J connectivity index is 1.31. The molecule has 0 bridgehead atoms. The Hall–Kier alpha value is -2.39. The molecule has 3 N–H and O–H groups in total. The first-order valence-electron chi connectivity index (χ1n) is 13.5. The number of amides is 1. The maximum atomic E-state index is 13.0. The second-order valence-corrected chi connectivity index (χ2v) is 13.2. The third kappa shape index (κ3) is 5.78. The number of thiophene rings is 1. The molecule has 1 atom stereocenters. The van der Waals surface area contributed by atoms with Crippen molar-refractivity contribution in [1.82, 2.24) is 9.29 Å². The fourth-order valence-electron chi connectivity index (χ4n) is 5.81. The highest BCUT2D eigenvalue weighted by atomic mass is 32.2. The fourth-order valence-corrected chi connectivity index (χ4v) is 7.29. The van der Waals surface area contributed by atoms with E-state index in [1.165, 1.54) is 17.5 Å². The predicted molar refractivity (Wildman–Crippen MR) is 158 cm³/mol. The number of nitrogens with zero attached hydrogens (tertiary/aromatic N) is 2. The summed E-state index contributed by atoms with van der Waals surface area (Å²) in [5, 5.41) is 7.41. The SMILES string of the molecule is Cc1cscc1-c1cc(NC(=O)CC2CCC(N(C)S(C)=O)CC2)cnc1-c1ccc(C2(N)CCC2)cc1. The quantitative estimate of drug-likeness (QED) is 0.348. The van der Waals surface area contributed by atoms with Crippen LogP contribution in [0.4, 0.5) is 5.69 Å². The van der Waals surface area contributed by atoms with E-state index in [0.717, 1.165) is 66.6 Å². The summed E-state index contributed by atoms with van der Waals surface area (Å²) in [6, 6.07) is 10.9. The van der Waals surface area contributed by atoms with Crippen LogP contribution >= 0.6 is 11.3 Å². The summed E-state index contributed by atoms with van der Waals surface area (Å²) < 4.78 is 13.7. The van der Waals surface area contributed by atoms with Gasteiger partial charge in [-0.2, -0.15) is 11.3 Å². The number of pyridine rings is 1. The minimum Gasteiger partial charge on any atom is -0.325 e. The summed E-state index contributed by atoms with van der Waals surface area (Å²) in [5.74, 6) is 0.386. The molecule has 8 heteroatoms. The van der Waals surface area contributed by atoms with Crippen LogP contribution in [-0.4, -0.2) is 38.8 Å². The van der Waals surface area contributed by atoms with Gasteiger partial charge >= 0.3 is 0 Å². The van der Waals surface area contributed by atoms with Gasteiger partial charge < -0.3 is 11.1 Å². The molecule has 2 saturated carbocycles. The van der Waals surface area contributed by atoms with Gasteiger partial charge in [-0.3, -0.25) is 9.78 Å². The minimum atomic E-state index is -0.950. The van der Waals surface area contributed by atoms with E-state index in [9.17, 15) is 9.00 Å². The molecule has 2 aliphatic rings. The van der Waals surface area contributed by atoms with Gasteiger partial charge in [0.2, 0.25) is 5.91 Å². The standard InChI is InChI=1S/C30H38N4O2S2/c1-20-18-37-19-27(20)26-16-24(33-28(35)15-21-5-11-25(12-6-21)34(2)38(3)36)17-32-29(26)22-7-9-23(10-8-22)30(31)13-4-14-30/h7-10,16-19,21,25H,4-6,11-15,31H2,1-3H3,(H,33,35). The van der Waals surface area contributed by atoms with Gasteiger partial charge in [0, 0.05) is 42.4 Å². The Morgan fingerprint density at radius 1 is 1.16 bits per heavy atom. The molecule has 38 heavy (non-hydrogen) atoms. The number of aryl methyl sites for hydroxylation is 1. The van der Waals surface area contributed by atoms with Crippen molar-refractivity contribution in [3.05, 3.63) is 58.4 Å². The highest BCUT2D eigenvalue weighted by Crippen LogP contribution is 2.40. The number of benzene rings is 1.